The van der Waals surface area contributed by atoms with Crippen molar-refractivity contribution in [3.63, 3.8) is 0 Å². The molecule has 1 heteroatoms. The largest absolute Gasteiger partial charge is 0.262 e. The van der Waals surface area contributed by atoms with Gasteiger partial charge in [0, 0.05) is 11.9 Å². The monoisotopic (exact) mass is 175 g/mol. The maximum atomic E-state index is 4.14. The summed E-state index contributed by atoms with van der Waals surface area (Å²) in [6, 6.07) is 0. The average Bonchev–Trinajstić information content (AvgIpc) is 2.13. The number of hydrogen-bond donors (Lipinski definition) is 0. The van der Waals surface area contributed by atoms with Crippen LogP contribution in [0, 0.1) is 0 Å². The summed E-state index contributed by atoms with van der Waals surface area (Å²) in [6.45, 7) is 13.3. The molecule has 13 heavy (non-hydrogen) atoms. The topological polar surface area (TPSA) is 12.4 Å². The molecule has 0 saturated heterocycles. The molecule has 0 saturated carbocycles. The van der Waals surface area contributed by atoms with Gasteiger partial charge in [-0.2, -0.15) is 0 Å². The maximum absolute atomic E-state index is 4.14. The number of rotatable bonds is 4. The van der Waals surface area contributed by atoms with E-state index in [9.17, 15) is 0 Å². The minimum atomic E-state index is 0.963. The van der Waals surface area contributed by atoms with Crippen molar-refractivity contribution in [3.8, 4) is 0 Å². The van der Waals surface area contributed by atoms with Crippen molar-refractivity contribution >= 4 is 5.71 Å². The van der Waals surface area contributed by atoms with E-state index in [0.29, 0.717) is 0 Å². The summed E-state index contributed by atoms with van der Waals surface area (Å²) in [5, 5.41) is 0. The molecular formula is C12H17N. The number of hydrogen-bond acceptors (Lipinski definition) is 1. The molecular weight excluding hydrogens is 158 g/mol. The van der Waals surface area contributed by atoms with Gasteiger partial charge in [-0.1, -0.05) is 31.4 Å². The van der Waals surface area contributed by atoms with Crippen LogP contribution < -0.4 is 0 Å². The van der Waals surface area contributed by atoms with Gasteiger partial charge in [0.2, 0.25) is 0 Å². The van der Waals surface area contributed by atoms with E-state index in [0.717, 1.165) is 16.9 Å². The van der Waals surface area contributed by atoms with E-state index in [1.807, 2.05) is 39.0 Å². The molecule has 0 heterocycles. The molecule has 0 atom stereocenters. The molecule has 0 aromatic rings. The van der Waals surface area contributed by atoms with Crippen LogP contribution in [-0.4, -0.2) is 5.71 Å². The van der Waals surface area contributed by atoms with Gasteiger partial charge in [-0.15, -0.1) is 0 Å². The van der Waals surface area contributed by atoms with Crippen LogP contribution in [0.5, 0.6) is 0 Å². The Bertz CT molecular complexity index is 277. The van der Waals surface area contributed by atoms with Crippen molar-refractivity contribution in [3.05, 3.63) is 48.7 Å². The SMILES string of the molecule is C=CN=C(C)C(/C=C\C)=C(\C)C=C. The molecule has 0 spiro atoms. The van der Waals surface area contributed by atoms with Gasteiger partial charge >= 0.3 is 0 Å². The zero-order valence-corrected chi connectivity index (χ0v) is 8.67. The molecule has 1 nitrogen and oxygen atoms in total. The Morgan fingerprint density at radius 2 is 1.85 bits per heavy atom. The van der Waals surface area contributed by atoms with Gasteiger partial charge in [0.05, 0.1) is 0 Å². The third-order valence-electron chi connectivity index (χ3n) is 1.74. The molecule has 0 aliphatic rings. The molecule has 0 N–H and O–H groups in total. The summed E-state index contributed by atoms with van der Waals surface area (Å²) in [6.07, 6.45) is 7.40. The van der Waals surface area contributed by atoms with Gasteiger partial charge in [0.1, 0.15) is 0 Å². The van der Waals surface area contributed by atoms with E-state index in [4.69, 9.17) is 0 Å². The number of allylic oxidation sites excluding steroid dienone is 5. The lowest BCUT2D eigenvalue weighted by Gasteiger charge is -2.03. The van der Waals surface area contributed by atoms with Crippen molar-refractivity contribution in [2.45, 2.75) is 20.8 Å². The normalized spacial score (nSPS) is 14.2. The van der Waals surface area contributed by atoms with Crippen molar-refractivity contribution in [2.24, 2.45) is 4.99 Å². The average molecular weight is 175 g/mol. The van der Waals surface area contributed by atoms with E-state index >= 15 is 0 Å². The van der Waals surface area contributed by atoms with E-state index in [1.165, 1.54) is 0 Å². The molecule has 0 bridgehead atoms. The van der Waals surface area contributed by atoms with Gasteiger partial charge in [0.15, 0.2) is 0 Å². The lowest BCUT2D eigenvalue weighted by Crippen LogP contribution is -1.96. The highest BCUT2D eigenvalue weighted by molar-refractivity contribution is 6.02. The van der Waals surface area contributed by atoms with Crippen LogP contribution in [0.2, 0.25) is 0 Å². The van der Waals surface area contributed by atoms with Crippen molar-refractivity contribution in [1.29, 1.82) is 0 Å². The summed E-state index contributed by atoms with van der Waals surface area (Å²) in [5.41, 5.74) is 3.20. The first kappa shape index (κ1) is 11.6. The quantitative estimate of drug-likeness (QED) is 0.456. The maximum Gasteiger partial charge on any atom is 0.0447 e. The van der Waals surface area contributed by atoms with E-state index in [2.05, 4.69) is 18.2 Å². The van der Waals surface area contributed by atoms with Crippen LogP contribution in [-0.2, 0) is 0 Å². The van der Waals surface area contributed by atoms with Gasteiger partial charge in [-0.05, 0) is 31.9 Å². The fraction of sp³-hybridized carbons (Fsp3) is 0.250. The third kappa shape index (κ3) is 3.70. The van der Waals surface area contributed by atoms with Crippen molar-refractivity contribution in [1.82, 2.24) is 0 Å². The fourth-order valence-corrected chi connectivity index (χ4v) is 1.02. The zero-order valence-electron chi connectivity index (χ0n) is 8.67. The van der Waals surface area contributed by atoms with E-state index in [1.54, 1.807) is 6.20 Å². The summed E-state index contributed by atoms with van der Waals surface area (Å²) in [7, 11) is 0. The first-order valence-corrected chi connectivity index (χ1v) is 4.29. The van der Waals surface area contributed by atoms with Crippen LogP contribution in [0.3, 0.4) is 0 Å². The Kier molecular flexibility index (Phi) is 5.53. The Morgan fingerprint density at radius 3 is 2.23 bits per heavy atom. The second-order valence-corrected chi connectivity index (χ2v) is 2.70. The molecule has 0 radical (unpaired) electrons. The highest BCUT2D eigenvalue weighted by atomic mass is 14.7. The predicted molar refractivity (Wildman–Crippen MR) is 61.0 cm³/mol. The Morgan fingerprint density at radius 1 is 1.23 bits per heavy atom. The van der Waals surface area contributed by atoms with Crippen LogP contribution in [0.15, 0.2) is 53.7 Å². The van der Waals surface area contributed by atoms with Gasteiger partial charge in [-0.3, -0.25) is 4.99 Å². The molecule has 0 aliphatic carbocycles. The lowest BCUT2D eigenvalue weighted by atomic mass is 10.1. The summed E-state index contributed by atoms with van der Waals surface area (Å²) < 4.78 is 0. The Labute approximate surface area is 80.9 Å². The molecule has 70 valence electrons. The highest BCUT2D eigenvalue weighted by Crippen LogP contribution is 2.09. The molecule has 0 fully saturated rings. The minimum absolute atomic E-state index is 0.963. The zero-order chi connectivity index (χ0) is 10.3. The van der Waals surface area contributed by atoms with Gasteiger partial charge < -0.3 is 0 Å². The fourth-order valence-electron chi connectivity index (χ4n) is 1.02. The minimum Gasteiger partial charge on any atom is -0.262 e. The van der Waals surface area contributed by atoms with Crippen molar-refractivity contribution in [2.75, 3.05) is 0 Å². The third-order valence-corrected chi connectivity index (χ3v) is 1.74. The number of aliphatic imine (C=N–C) groups is 1. The van der Waals surface area contributed by atoms with Crippen LogP contribution >= 0.6 is 0 Å². The molecule has 0 aromatic heterocycles. The van der Waals surface area contributed by atoms with E-state index in [-0.39, 0.29) is 0 Å². The molecule has 0 aromatic carbocycles. The first-order valence-electron chi connectivity index (χ1n) is 4.29. The lowest BCUT2D eigenvalue weighted by molar-refractivity contribution is 1.43. The van der Waals surface area contributed by atoms with Crippen molar-refractivity contribution < 1.29 is 0 Å². The van der Waals surface area contributed by atoms with Gasteiger partial charge in [-0.25, -0.2) is 0 Å². The second-order valence-electron chi connectivity index (χ2n) is 2.70. The van der Waals surface area contributed by atoms with Crippen LogP contribution in [0.1, 0.15) is 20.8 Å². The standard InChI is InChI=1S/C12H17N/c1-6-9-12(10(4)7-2)11(5)13-8-3/h6-9H,2-3H2,1,4-5H3/b9-6-,12-10+,13-11?. The molecule has 0 unspecified atom stereocenters. The van der Waals surface area contributed by atoms with Gasteiger partial charge in [0.25, 0.3) is 0 Å². The highest BCUT2D eigenvalue weighted by Gasteiger charge is 1.98. The summed E-state index contributed by atoms with van der Waals surface area (Å²) in [4.78, 5) is 4.14. The Balaban J connectivity index is 5.14. The van der Waals surface area contributed by atoms with E-state index < -0.39 is 0 Å². The summed E-state index contributed by atoms with van der Waals surface area (Å²) in [5.74, 6) is 0. The predicted octanol–water partition coefficient (Wildman–Crippen LogP) is 3.67. The molecule has 0 amide bonds. The molecule has 0 aliphatic heterocycles. The van der Waals surface area contributed by atoms with Crippen LogP contribution in [0.25, 0.3) is 0 Å². The Hall–Kier alpha value is -1.37. The second kappa shape index (κ2) is 6.18. The molecule has 0 rings (SSSR count). The first-order chi connectivity index (χ1) is 6.17. The van der Waals surface area contributed by atoms with Crippen LogP contribution in [0.4, 0.5) is 0 Å². The number of nitrogens with zero attached hydrogens (tertiary/aromatic N) is 1. The smallest absolute Gasteiger partial charge is 0.0447 e. The summed E-state index contributed by atoms with van der Waals surface area (Å²) >= 11 is 0.